The van der Waals surface area contributed by atoms with Crippen LogP contribution >= 0.6 is 11.8 Å². The Morgan fingerprint density at radius 3 is 2.43 bits per heavy atom. The molecular weight excluding hydrogens is 304 g/mol. The molecule has 0 aliphatic carbocycles. The number of alkyl halides is 3. The Kier molecular flexibility index (Phi) is 4.53. The Balaban J connectivity index is 2.26. The van der Waals surface area contributed by atoms with Gasteiger partial charge in [0.2, 0.25) is 0 Å². The summed E-state index contributed by atoms with van der Waals surface area (Å²) in [4.78, 5) is 4.44. The highest BCUT2D eigenvalue weighted by Gasteiger charge is 2.30. The Morgan fingerprint density at radius 1 is 1.19 bits per heavy atom. The van der Waals surface area contributed by atoms with Crippen LogP contribution in [0.15, 0.2) is 46.5 Å². The van der Waals surface area contributed by atoms with Gasteiger partial charge in [0.05, 0.1) is 5.56 Å². The molecule has 2 aromatic rings. The third-order valence-corrected chi connectivity index (χ3v) is 3.78. The molecule has 0 aliphatic heterocycles. The van der Waals surface area contributed by atoms with Gasteiger partial charge in [-0.3, -0.25) is 0 Å². The number of nitrogens with two attached hydrogens (primary N) is 1. The van der Waals surface area contributed by atoms with Crippen molar-refractivity contribution in [2.75, 3.05) is 0 Å². The molecule has 7 heteroatoms. The Hall–Kier alpha value is -1.60. The van der Waals surface area contributed by atoms with Gasteiger partial charge in [-0.25, -0.2) is 9.37 Å². The van der Waals surface area contributed by atoms with Crippen molar-refractivity contribution in [3.63, 3.8) is 0 Å². The molecule has 0 saturated heterocycles. The fourth-order valence-electron chi connectivity index (χ4n) is 1.69. The van der Waals surface area contributed by atoms with Crippen LogP contribution in [0.3, 0.4) is 0 Å². The average molecular weight is 316 g/mol. The molecule has 1 aromatic carbocycles. The van der Waals surface area contributed by atoms with Crippen LogP contribution < -0.4 is 5.73 Å². The molecule has 0 aliphatic rings. The highest BCUT2D eigenvalue weighted by atomic mass is 32.2. The van der Waals surface area contributed by atoms with Crippen LogP contribution in [0.1, 0.15) is 24.1 Å². The van der Waals surface area contributed by atoms with Crippen LogP contribution in [0.25, 0.3) is 0 Å². The van der Waals surface area contributed by atoms with Crippen LogP contribution in [0.5, 0.6) is 0 Å². The van der Waals surface area contributed by atoms with Crippen molar-refractivity contribution in [3.8, 4) is 0 Å². The molecule has 1 aromatic heterocycles. The number of aromatic nitrogens is 1. The second-order valence-electron chi connectivity index (χ2n) is 4.46. The normalized spacial score (nSPS) is 13.2. The van der Waals surface area contributed by atoms with Gasteiger partial charge in [0.25, 0.3) is 0 Å². The van der Waals surface area contributed by atoms with E-state index in [0.29, 0.717) is 15.5 Å². The summed E-state index contributed by atoms with van der Waals surface area (Å²) in [6, 6.07) is 5.98. The van der Waals surface area contributed by atoms with E-state index < -0.39 is 23.6 Å². The zero-order chi connectivity index (χ0) is 15.6. The molecule has 2 N–H and O–H groups in total. The van der Waals surface area contributed by atoms with Gasteiger partial charge in [0.1, 0.15) is 10.8 Å². The van der Waals surface area contributed by atoms with Crippen LogP contribution in [0.2, 0.25) is 0 Å². The second kappa shape index (κ2) is 6.03. The first-order valence-corrected chi connectivity index (χ1v) is 6.85. The van der Waals surface area contributed by atoms with E-state index in [-0.39, 0.29) is 0 Å². The van der Waals surface area contributed by atoms with Gasteiger partial charge in [-0.15, -0.1) is 0 Å². The van der Waals surface area contributed by atoms with Crippen LogP contribution in [0.4, 0.5) is 17.6 Å². The molecule has 0 spiro atoms. The maximum absolute atomic E-state index is 13.2. The van der Waals surface area contributed by atoms with E-state index >= 15 is 0 Å². The van der Waals surface area contributed by atoms with Gasteiger partial charge >= 0.3 is 6.18 Å². The minimum Gasteiger partial charge on any atom is -0.324 e. The summed E-state index contributed by atoms with van der Waals surface area (Å²) in [5.74, 6) is -0.410. The molecule has 0 fully saturated rings. The van der Waals surface area contributed by atoms with E-state index in [1.54, 1.807) is 6.92 Å². The van der Waals surface area contributed by atoms with Crippen molar-refractivity contribution < 1.29 is 17.6 Å². The number of halogens is 4. The minimum atomic E-state index is -4.41. The SMILES string of the molecule is C[C@H](N)c1cc(F)ccc1Sc1ccc(C(F)(F)F)cn1. The first-order valence-electron chi connectivity index (χ1n) is 6.03. The lowest BCUT2D eigenvalue weighted by molar-refractivity contribution is -0.137. The molecular formula is C14H12F4N2S. The van der Waals surface area contributed by atoms with Gasteiger partial charge in [-0.05, 0) is 42.8 Å². The number of pyridine rings is 1. The maximum Gasteiger partial charge on any atom is 0.417 e. The molecule has 0 bridgehead atoms. The topological polar surface area (TPSA) is 38.9 Å². The standard InChI is InChI=1S/C14H12F4N2S/c1-8(19)11-6-10(15)3-4-12(11)21-13-5-2-9(7-20-13)14(16,17)18/h2-8H,19H2,1H3/t8-/m0/s1. The van der Waals surface area contributed by atoms with E-state index in [9.17, 15) is 17.6 Å². The minimum absolute atomic E-state index is 0.386. The molecule has 1 atom stereocenters. The molecule has 2 nitrogen and oxygen atoms in total. The van der Waals surface area contributed by atoms with Crippen LogP contribution in [-0.4, -0.2) is 4.98 Å². The monoisotopic (exact) mass is 316 g/mol. The molecule has 0 saturated carbocycles. The summed E-state index contributed by atoms with van der Waals surface area (Å²) < 4.78 is 50.6. The van der Waals surface area contributed by atoms with Crippen LogP contribution in [-0.2, 0) is 6.18 Å². The highest BCUT2D eigenvalue weighted by molar-refractivity contribution is 7.99. The molecule has 21 heavy (non-hydrogen) atoms. The van der Waals surface area contributed by atoms with Crippen LogP contribution in [0, 0.1) is 5.82 Å². The molecule has 112 valence electrons. The lowest BCUT2D eigenvalue weighted by atomic mass is 10.1. The van der Waals surface area contributed by atoms with Gasteiger partial charge in [-0.2, -0.15) is 13.2 Å². The van der Waals surface area contributed by atoms with Crippen molar-refractivity contribution in [2.45, 2.75) is 29.1 Å². The number of hydrogen-bond acceptors (Lipinski definition) is 3. The van der Waals surface area contributed by atoms with Crippen molar-refractivity contribution >= 4 is 11.8 Å². The van der Waals surface area contributed by atoms with Crippen molar-refractivity contribution in [2.24, 2.45) is 5.73 Å². The lowest BCUT2D eigenvalue weighted by Gasteiger charge is -2.12. The molecule has 0 radical (unpaired) electrons. The molecule has 0 unspecified atom stereocenters. The smallest absolute Gasteiger partial charge is 0.324 e. The van der Waals surface area contributed by atoms with Crippen molar-refractivity contribution in [1.29, 1.82) is 0 Å². The summed E-state index contributed by atoms with van der Waals surface area (Å²) in [5, 5.41) is 0.386. The molecule has 1 heterocycles. The lowest BCUT2D eigenvalue weighted by Crippen LogP contribution is -2.07. The third kappa shape index (κ3) is 3.95. The zero-order valence-corrected chi connectivity index (χ0v) is 11.8. The summed E-state index contributed by atoms with van der Waals surface area (Å²) in [5.41, 5.74) is 5.55. The van der Waals surface area contributed by atoms with E-state index in [1.807, 2.05) is 0 Å². The number of benzene rings is 1. The van der Waals surface area contributed by atoms with E-state index in [1.165, 1.54) is 24.3 Å². The van der Waals surface area contributed by atoms with Gasteiger partial charge in [0.15, 0.2) is 0 Å². The summed E-state index contributed by atoms with van der Waals surface area (Å²) in [6.45, 7) is 1.71. The van der Waals surface area contributed by atoms with Gasteiger partial charge < -0.3 is 5.73 Å². The highest BCUT2D eigenvalue weighted by Crippen LogP contribution is 2.34. The largest absolute Gasteiger partial charge is 0.417 e. The fourth-order valence-corrected chi connectivity index (χ4v) is 2.65. The molecule has 2 rings (SSSR count). The van der Waals surface area contributed by atoms with E-state index in [4.69, 9.17) is 5.73 Å². The first-order chi connectivity index (χ1) is 9.77. The summed E-state index contributed by atoms with van der Waals surface area (Å²) in [7, 11) is 0. The number of nitrogens with zero attached hydrogens (tertiary/aromatic N) is 1. The first kappa shape index (κ1) is 15.8. The Morgan fingerprint density at radius 2 is 1.90 bits per heavy atom. The predicted molar refractivity (Wildman–Crippen MR) is 72.4 cm³/mol. The maximum atomic E-state index is 13.2. The fraction of sp³-hybridized carbons (Fsp3) is 0.214. The Bertz CT molecular complexity index is 624. The van der Waals surface area contributed by atoms with Crippen molar-refractivity contribution in [3.05, 3.63) is 53.5 Å². The second-order valence-corrected chi connectivity index (χ2v) is 5.52. The van der Waals surface area contributed by atoms with E-state index in [0.717, 1.165) is 24.0 Å². The predicted octanol–water partition coefficient (Wildman–Crippen LogP) is 4.41. The summed E-state index contributed by atoms with van der Waals surface area (Å²) >= 11 is 1.15. The van der Waals surface area contributed by atoms with E-state index in [2.05, 4.69) is 4.98 Å². The number of hydrogen-bond donors (Lipinski definition) is 1. The zero-order valence-electron chi connectivity index (χ0n) is 11.0. The average Bonchev–Trinajstić information content (AvgIpc) is 2.40. The van der Waals surface area contributed by atoms with Crippen molar-refractivity contribution in [1.82, 2.24) is 4.98 Å². The van der Waals surface area contributed by atoms with Gasteiger partial charge in [-0.1, -0.05) is 11.8 Å². The number of rotatable bonds is 3. The third-order valence-electron chi connectivity index (χ3n) is 2.74. The Labute approximate surface area is 123 Å². The molecule has 0 amide bonds. The summed E-state index contributed by atoms with van der Waals surface area (Å²) in [6.07, 6.45) is -3.64. The quantitative estimate of drug-likeness (QED) is 0.853. The van der Waals surface area contributed by atoms with Gasteiger partial charge in [0, 0.05) is 17.1 Å².